The Morgan fingerprint density at radius 3 is 2.30 bits per heavy atom. The molecule has 23 heavy (non-hydrogen) atoms. The minimum Gasteiger partial charge on any atom is -0.482 e. The maximum absolute atomic E-state index is 11.2. The van der Waals surface area contributed by atoms with E-state index in [1.807, 2.05) is 56.3 Å². The van der Waals surface area contributed by atoms with Crippen molar-refractivity contribution in [1.82, 2.24) is 0 Å². The van der Waals surface area contributed by atoms with Crippen LogP contribution in [0.25, 0.3) is 0 Å². The number of nitrogens with zero attached hydrogens (tertiary/aromatic N) is 1. The van der Waals surface area contributed by atoms with E-state index in [0.717, 1.165) is 11.3 Å². The third kappa shape index (κ3) is 7.27. The quantitative estimate of drug-likeness (QED) is 0.586. The largest absolute Gasteiger partial charge is 0.482 e. The molecule has 2 aromatic carbocycles. The molecule has 0 N–H and O–H groups in total. The zero-order valence-electron chi connectivity index (χ0n) is 13.9. The van der Waals surface area contributed by atoms with Crippen molar-refractivity contribution in [3.8, 4) is 5.75 Å². The van der Waals surface area contributed by atoms with E-state index in [1.165, 1.54) is 0 Å². The number of benzene rings is 2. The first-order chi connectivity index (χ1) is 11.3. The SMILES string of the molecule is CC.CCOC(=O)COc1ccc(C=Nc2ccccc2)cc1. The van der Waals surface area contributed by atoms with Gasteiger partial charge in [-0.2, -0.15) is 0 Å². The fourth-order valence-electron chi connectivity index (χ4n) is 1.66. The summed E-state index contributed by atoms with van der Waals surface area (Å²) in [5.74, 6) is 0.257. The predicted molar refractivity (Wildman–Crippen MR) is 93.6 cm³/mol. The molecule has 0 unspecified atom stereocenters. The van der Waals surface area contributed by atoms with Crippen LogP contribution in [0.5, 0.6) is 5.75 Å². The molecular formula is C19H23NO3. The summed E-state index contributed by atoms with van der Waals surface area (Å²) < 4.78 is 10.1. The molecule has 2 rings (SSSR count). The van der Waals surface area contributed by atoms with Gasteiger partial charge in [-0.05, 0) is 48.9 Å². The molecule has 0 saturated heterocycles. The van der Waals surface area contributed by atoms with Crippen LogP contribution in [0.2, 0.25) is 0 Å². The molecule has 4 heteroatoms. The van der Waals surface area contributed by atoms with E-state index in [4.69, 9.17) is 9.47 Å². The summed E-state index contributed by atoms with van der Waals surface area (Å²) in [6.45, 7) is 6.04. The van der Waals surface area contributed by atoms with Gasteiger partial charge in [0.2, 0.25) is 0 Å². The van der Waals surface area contributed by atoms with Crippen molar-refractivity contribution in [1.29, 1.82) is 0 Å². The fraction of sp³-hybridized carbons (Fsp3) is 0.263. The van der Waals surface area contributed by atoms with E-state index in [-0.39, 0.29) is 12.6 Å². The summed E-state index contributed by atoms with van der Waals surface area (Å²) in [4.78, 5) is 15.5. The molecule has 122 valence electrons. The Hall–Kier alpha value is -2.62. The Bertz CT molecular complexity index is 592. The number of para-hydroxylation sites is 1. The number of aliphatic imine (C=N–C) groups is 1. The van der Waals surface area contributed by atoms with Gasteiger partial charge in [-0.15, -0.1) is 0 Å². The molecule has 0 atom stereocenters. The van der Waals surface area contributed by atoms with E-state index in [0.29, 0.717) is 12.4 Å². The first-order valence-electron chi connectivity index (χ1n) is 7.75. The minimum atomic E-state index is -0.368. The number of rotatable bonds is 6. The van der Waals surface area contributed by atoms with Crippen molar-refractivity contribution in [3.63, 3.8) is 0 Å². The molecule has 0 spiro atoms. The van der Waals surface area contributed by atoms with Crippen LogP contribution in [0.15, 0.2) is 59.6 Å². The highest BCUT2D eigenvalue weighted by atomic mass is 16.6. The number of carbonyl (C=O) groups is 1. The number of esters is 1. The fourth-order valence-corrected chi connectivity index (χ4v) is 1.66. The average molecular weight is 313 g/mol. The second kappa shape index (κ2) is 11.0. The van der Waals surface area contributed by atoms with Crippen LogP contribution in [-0.2, 0) is 9.53 Å². The van der Waals surface area contributed by atoms with Crippen molar-refractivity contribution in [2.24, 2.45) is 4.99 Å². The van der Waals surface area contributed by atoms with E-state index in [2.05, 4.69) is 4.99 Å². The van der Waals surface area contributed by atoms with E-state index >= 15 is 0 Å². The van der Waals surface area contributed by atoms with Gasteiger partial charge in [0.05, 0.1) is 12.3 Å². The molecule has 0 saturated carbocycles. The summed E-state index contributed by atoms with van der Waals surface area (Å²) in [6.07, 6.45) is 1.78. The van der Waals surface area contributed by atoms with Gasteiger partial charge in [-0.25, -0.2) is 4.79 Å². The lowest BCUT2D eigenvalue weighted by Gasteiger charge is -2.05. The Balaban J connectivity index is 0.00000127. The minimum absolute atomic E-state index is 0.0781. The summed E-state index contributed by atoms with van der Waals surface area (Å²) in [6, 6.07) is 17.1. The molecule has 0 radical (unpaired) electrons. The van der Waals surface area contributed by atoms with Crippen molar-refractivity contribution in [2.45, 2.75) is 20.8 Å². The van der Waals surface area contributed by atoms with Crippen LogP contribution in [0.3, 0.4) is 0 Å². The molecule has 0 bridgehead atoms. The zero-order chi connectivity index (χ0) is 16.9. The molecule has 2 aromatic rings. The van der Waals surface area contributed by atoms with E-state index in [1.54, 1.807) is 25.3 Å². The highest BCUT2D eigenvalue weighted by molar-refractivity contribution is 5.82. The van der Waals surface area contributed by atoms with Crippen LogP contribution in [0.4, 0.5) is 5.69 Å². The molecule has 0 heterocycles. The molecule has 4 nitrogen and oxygen atoms in total. The predicted octanol–water partition coefficient (Wildman–Crippen LogP) is 4.41. The average Bonchev–Trinajstić information content (AvgIpc) is 2.62. The second-order valence-corrected chi connectivity index (χ2v) is 4.26. The maximum atomic E-state index is 11.2. The van der Waals surface area contributed by atoms with Gasteiger partial charge < -0.3 is 9.47 Å². The first kappa shape index (κ1) is 18.4. The topological polar surface area (TPSA) is 47.9 Å². The van der Waals surface area contributed by atoms with Gasteiger partial charge in [0, 0.05) is 6.21 Å². The highest BCUT2D eigenvalue weighted by Gasteiger charge is 2.02. The van der Waals surface area contributed by atoms with Crippen molar-refractivity contribution >= 4 is 17.9 Å². The number of hydrogen-bond donors (Lipinski definition) is 0. The third-order valence-corrected chi connectivity index (χ3v) is 2.66. The zero-order valence-corrected chi connectivity index (χ0v) is 13.9. The number of carbonyl (C=O) groups excluding carboxylic acids is 1. The summed E-state index contributed by atoms with van der Waals surface area (Å²) in [5.41, 5.74) is 1.86. The smallest absolute Gasteiger partial charge is 0.344 e. The van der Waals surface area contributed by atoms with Crippen LogP contribution in [0, 0.1) is 0 Å². The van der Waals surface area contributed by atoms with Crippen molar-refractivity contribution in [3.05, 3.63) is 60.2 Å². The molecule has 0 aliphatic rings. The van der Waals surface area contributed by atoms with Crippen LogP contribution < -0.4 is 4.74 Å². The lowest BCUT2D eigenvalue weighted by atomic mass is 10.2. The monoisotopic (exact) mass is 313 g/mol. The van der Waals surface area contributed by atoms with Gasteiger partial charge in [-0.1, -0.05) is 32.0 Å². The standard InChI is InChI=1S/C17H17NO3.C2H6/c1-2-20-17(19)13-21-16-10-8-14(9-11-16)12-18-15-6-4-3-5-7-15;1-2/h3-12H,2,13H2,1H3;1-2H3. The molecular weight excluding hydrogens is 290 g/mol. The molecule has 0 amide bonds. The second-order valence-electron chi connectivity index (χ2n) is 4.26. The maximum Gasteiger partial charge on any atom is 0.344 e. The summed E-state index contributed by atoms with van der Waals surface area (Å²) >= 11 is 0. The summed E-state index contributed by atoms with van der Waals surface area (Å²) in [7, 11) is 0. The van der Waals surface area contributed by atoms with Gasteiger partial charge in [0.1, 0.15) is 5.75 Å². The number of ether oxygens (including phenoxy) is 2. The molecule has 0 aliphatic carbocycles. The van der Waals surface area contributed by atoms with Crippen LogP contribution in [0.1, 0.15) is 26.3 Å². The Morgan fingerprint density at radius 1 is 1.04 bits per heavy atom. The van der Waals surface area contributed by atoms with E-state index in [9.17, 15) is 4.79 Å². The normalized spacial score (nSPS) is 9.87. The third-order valence-electron chi connectivity index (χ3n) is 2.66. The molecule has 0 aliphatic heterocycles. The van der Waals surface area contributed by atoms with Gasteiger partial charge >= 0.3 is 5.97 Å². The van der Waals surface area contributed by atoms with Gasteiger partial charge in [0.25, 0.3) is 0 Å². The van der Waals surface area contributed by atoms with Crippen LogP contribution >= 0.6 is 0 Å². The highest BCUT2D eigenvalue weighted by Crippen LogP contribution is 2.13. The Labute approximate surface area is 137 Å². The van der Waals surface area contributed by atoms with Gasteiger partial charge in [-0.3, -0.25) is 4.99 Å². The van der Waals surface area contributed by atoms with Crippen molar-refractivity contribution in [2.75, 3.05) is 13.2 Å². The lowest BCUT2D eigenvalue weighted by molar-refractivity contribution is -0.145. The van der Waals surface area contributed by atoms with Crippen LogP contribution in [-0.4, -0.2) is 25.4 Å². The lowest BCUT2D eigenvalue weighted by Crippen LogP contribution is -2.14. The molecule has 0 fully saturated rings. The number of hydrogen-bond acceptors (Lipinski definition) is 4. The first-order valence-corrected chi connectivity index (χ1v) is 7.75. The Morgan fingerprint density at radius 2 is 1.70 bits per heavy atom. The van der Waals surface area contributed by atoms with E-state index < -0.39 is 0 Å². The summed E-state index contributed by atoms with van der Waals surface area (Å²) in [5, 5.41) is 0. The van der Waals surface area contributed by atoms with Crippen molar-refractivity contribution < 1.29 is 14.3 Å². The Kier molecular flexibility index (Phi) is 8.83. The molecule has 0 aromatic heterocycles. The van der Waals surface area contributed by atoms with Gasteiger partial charge in [0.15, 0.2) is 6.61 Å².